The number of rotatable bonds is 7. The molecule has 2 aromatic carbocycles. The fourth-order valence-electron chi connectivity index (χ4n) is 2.40. The normalized spacial score (nSPS) is 10.7. The summed E-state index contributed by atoms with van der Waals surface area (Å²) in [6.07, 6.45) is 3.06. The molecule has 27 heavy (non-hydrogen) atoms. The van der Waals surface area contributed by atoms with Crippen LogP contribution in [-0.2, 0) is 4.79 Å². The number of carbonyl (C=O) groups is 1. The minimum Gasteiger partial charge on any atom is -0.494 e. The Labute approximate surface area is 158 Å². The van der Waals surface area contributed by atoms with Gasteiger partial charge < -0.3 is 19.2 Å². The van der Waals surface area contributed by atoms with E-state index >= 15 is 0 Å². The van der Waals surface area contributed by atoms with Gasteiger partial charge in [-0.3, -0.25) is 4.79 Å². The molecule has 0 atom stereocenters. The highest BCUT2D eigenvalue weighted by atomic mass is 16.5. The first-order valence-electron chi connectivity index (χ1n) is 8.68. The summed E-state index contributed by atoms with van der Waals surface area (Å²) in [5.74, 6) is 3.41. The van der Waals surface area contributed by atoms with Gasteiger partial charge in [0.1, 0.15) is 28.8 Å². The number of furan rings is 1. The van der Waals surface area contributed by atoms with Crippen molar-refractivity contribution in [2.24, 2.45) is 0 Å². The second-order valence-corrected chi connectivity index (χ2v) is 5.80. The van der Waals surface area contributed by atoms with E-state index in [9.17, 15) is 4.79 Å². The lowest BCUT2D eigenvalue weighted by molar-refractivity contribution is -0.111. The predicted octanol–water partition coefficient (Wildman–Crippen LogP) is 5.43. The number of anilines is 1. The van der Waals surface area contributed by atoms with E-state index in [-0.39, 0.29) is 5.91 Å². The van der Waals surface area contributed by atoms with Crippen molar-refractivity contribution in [2.75, 3.05) is 11.9 Å². The number of amides is 1. The van der Waals surface area contributed by atoms with Crippen LogP contribution in [0.25, 0.3) is 6.08 Å². The third-order valence-corrected chi connectivity index (χ3v) is 3.65. The van der Waals surface area contributed by atoms with Crippen LogP contribution in [0.15, 0.2) is 71.2 Å². The van der Waals surface area contributed by atoms with Crippen LogP contribution in [0.1, 0.15) is 18.4 Å². The average molecular weight is 363 g/mol. The first kappa shape index (κ1) is 18.3. The van der Waals surface area contributed by atoms with Crippen molar-refractivity contribution in [1.82, 2.24) is 0 Å². The fraction of sp³-hybridized carbons (Fsp3) is 0.136. The lowest BCUT2D eigenvalue weighted by atomic mass is 10.3. The van der Waals surface area contributed by atoms with Crippen molar-refractivity contribution in [3.8, 4) is 17.2 Å². The summed E-state index contributed by atoms with van der Waals surface area (Å²) in [7, 11) is 0. The number of aryl methyl sites for hydroxylation is 1. The van der Waals surface area contributed by atoms with Gasteiger partial charge >= 0.3 is 0 Å². The second-order valence-electron chi connectivity index (χ2n) is 5.80. The first-order valence-corrected chi connectivity index (χ1v) is 8.68. The predicted molar refractivity (Wildman–Crippen MR) is 105 cm³/mol. The van der Waals surface area contributed by atoms with Crippen molar-refractivity contribution in [1.29, 1.82) is 0 Å². The maximum Gasteiger partial charge on any atom is 0.248 e. The first-order chi connectivity index (χ1) is 13.1. The molecule has 138 valence electrons. The molecule has 0 saturated carbocycles. The maximum atomic E-state index is 12.0. The average Bonchev–Trinajstić information content (AvgIpc) is 3.09. The third kappa shape index (κ3) is 5.51. The number of hydrogen-bond acceptors (Lipinski definition) is 4. The standard InChI is InChI=1S/C22H21NO4/c1-3-25-18-10-12-21(13-11-18)27-20-8-5-17(6-9-20)23-22(24)15-14-19-7-4-16(2)26-19/h4-15H,3H2,1-2H3,(H,23,24). The van der Waals surface area contributed by atoms with Gasteiger partial charge in [0.05, 0.1) is 6.61 Å². The van der Waals surface area contributed by atoms with Crippen molar-refractivity contribution >= 4 is 17.7 Å². The summed E-state index contributed by atoms with van der Waals surface area (Å²) in [5, 5.41) is 2.79. The Kier molecular flexibility index (Phi) is 5.94. The molecule has 0 unspecified atom stereocenters. The summed E-state index contributed by atoms with van der Waals surface area (Å²) in [6.45, 7) is 4.43. The summed E-state index contributed by atoms with van der Waals surface area (Å²) in [6, 6.07) is 18.2. The number of hydrogen-bond donors (Lipinski definition) is 1. The number of benzene rings is 2. The smallest absolute Gasteiger partial charge is 0.248 e. The molecule has 0 spiro atoms. The molecule has 5 nitrogen and oxygen atoms in total. The number of ether oxygens (including phenoxy) is 2. The molecule has 0 aliphatic rings. The molecule has 1 amide bonds. The van der Waals surface area contributed by atoms with E-state index in [1.165, 1.54) is 6.08 Å². The molecular weight excluding hydrogens is 342 g/mol. The van der Waals surface area contributed by atoms with Crippen LogP contribution >= 0.6 is 0 Å². The Morgan fingerprint density at radius 3 is 2.19 bits per heavy atom. The van der Waals surface area contributed by atoms with E-state index in [1.807, 2.05) is 50.2 Å². The molecule has 0 saturated heterocycles. The molecule has 0 fully saturated rings. The molecule has 1 aromatic heterocycles. The summed E-state index contributed by atoms with van der Waals surface area (Å²) in [5.41, 5.74) is 0.680. The highest BCUT2D eigenvalue weighted by Crippen LogP contribution is 2.25. The van der Waals surface area contributed by atoms with E-state index in [2.05, 4.69) is 5.32 Å². The van der Waals surface area contributed by atoms with Gasteiger partial charge in [-0.15, -0.1) is 0 Å². The quantitative estimate of drug-likeness (QED) is 0.569. The molecule has 3 aromatic rings. The third-order valence-electron chi connectivity index (χ3n) is 3.65. The molecule has 0 aliphatic heterocycles. The Balaban J connectivity index is 1.55. The Morgan fingerprint density at radius 1 is 0.963 bits per heavy atom. The topological polar surface area (TPSA) is 60.7 Å². The van der Waals surface area contributed by atoms with Crippen LogP contribution in [0.2, 0.25) is 0 Å². The monoisotopic (exact) mass is 363 g/mol. The molecule has 3 rings (SSSR count). The van der Waals surface area contributed by atoms with Crippen LogP contribution in [-0.4, -0.2) is 12.5 Å². The van der Waals surface area contributed by atoms with Crippen LogP contribution in [0.5, 0.6) is 17.2 Å². The Hall–Kier alpha value is -3.47. The minimum atomic E-state index is -0.232. The molecule has 0 bridgehead atoms. The van der Waals surface area contributed by atoms with E-state index in [1.54, 1.807) is 30.3 Å². The van der Waals surface area contributed by atoms with Gasteiger partial charge in [0.15, 0.2) is 0 Å². The van der Waals surface area contributed by atoms with Crippen LogP contribution < -0.4 is 14.8 Å². The molecule has 0 aliphatic carbocycles. The highest BCUT2D eigenvalue weighted by Gasteiger charge is 2.02. The molecular formula is C22H21NO4. The number of nitrogens with one attached hydrogen (secondary N) is 1. The zero-order chi connectivity index (χ0) is 19.1. The van der Waals surface area contributed by atoms with Gasteiger partial charge in [-0.1, -0.05) is 0 Å². The van der Waals surface area contributed by atoms with Gasteiger partial charge in [0.2, 0.25) is 5.91 Å². The molecule has 1 heterocycles. The van der Waals surface area contributed by atoms with Gasteiger partial charge in [0, 0.05) is 11.8 Å². The van der Waals surface area contributed by atoms with Crippen molar-refractivity contribution in [3.63, 3.8) is 0 Å². The second kappa shape index (κ2) is 8.76. The largest absolute Gasteiger partial charge is 0.494 e. The van der Waals surface area contributed by atoms with E-state index in [0.29, 0.717) is 29.6 Å². The Morgan fingerprint density at radius 2 is 1.59 bits per heavy atom. The lowest BCUT2D eigenvalue weighted by Gasteiger charge is -2.08. The minimum absolute atomic E-state index is 0.232. The van der Waals surface area contributed by atoms with Gasteiger partial charge in [-0.05, 0) is 80.6 Å². The van der Waals surface area contributed by atoms with E-state index in [0.717, 1.165) is 11.5 Å². The highest BCUT2D eigenvalue weighted by molar-refractivity contribution is 6.01. The summed E-state index contributed by atoms with van der Waals surface area (Å²) in [4.78, 5) is 12.0. The van der Waals surface area contributed by atoms with Gasteiger partial charge in [-0.25, -0.2) is 0 Å². The Bertz CT molecular complexity index is 908. The molecule has 5 heteroatoms. The fourth-order valence-corrected chi connectivity index (χ4v) is 2.40. The van der Waals surface area contributed by atoms with Gasteiger partial charge in [0.25, 0.3) is 0 Å². The lowest BCUT2D eigenvalue weighted by Crippen LogP contribution is -2.07. The van der Waals surface area contributed by atoms with Crippen molar-refractivity contribution in [2.45, 2.75) is 13.8 Å². The SMILES string of the molecule is CCOc1ccc(Oc2ccc(NC(=O)C=Cc3ccc(C)o3)cc2)cc1. The summed E-state index contributed by atoms with van der Waals surface area (Å²) < 4.78 is 16.6. The van der Waals surface area contributed by atoms with Crippen LogP contribution in [0.3, 0.4) is 0 Å². The molecule has 1 N–H and O–H groups in total. The van der Waals surface area contributed by atoms with Crippen molar-refractivity contribution in [3.05, 3.63) is 78.3 Å². The van der Waals surface area contributed by atoms with Crippen LogP contribution in [0.4, 0.5) is 5.69 Å². The zero-order valence-corrected chi connectivity index (χ0v) is 15.3. The number of carbonyl (C=O) groups excluding carboxylic acids is 1. The molecule has 0 radical (unpaired) electrons. The van der Waals surface area contributed by atoms with E-state index < -0.39 is 0 Å². The van der Waals surface area contributed by atoms with E-state index in [4.69, 9.17) is 13.9 Å². The van der Waals surface area contributed by atoms with Gasteiger partial charge in [-0.2, -0.15) is 0 Å². The van der Waals surface area contributed by atoms with Crippen molar-refractivity contribution < 1.29 is 18.7 Å². The maximum absolute atomic E-state index is 12.0. The summed E-state index contributed by atoms with van der Waals surface area (Å²) >= 11 is 0. The van der Waals surface area contributed by atoms with Crippen LogP contribution in [0, 0.1) is 6.92 Å². The zero-order valence-electron chi connectivity index (χ0n) is 15.3.